The molecule has 0 aliphatic carbocycles. The minimum Gasteiger partial charge on any atom is -0.466 e. The molecule has 0 radical (unpaired) electrons. The van der Waals surface area contributed by atoms with Crippen molar-refractivity contribution in [2.75, 3.05) is 13.2 Å². The van der Waals surface area contributed by atoms with E-state index in [9.17, 15) is 19.8 Å². The van der Waals surface area contributed by atoms with Gasteiger partial charge in [0.2, 0.25) is 5.91 Å². The summed E-state index contributed by atoms with van der Waals surface area (Å²) in [6.45, 7) is 4.94. The Labute approximate surface area is 469 Å². The molecule has 0 aromatic rings. The molecule has 6 nitrogen and oxygen atoms in total. The van der Waals surface area contributed by atoms with Crippen molar-refractivity contribution < 1.29 is 24.5 Å². The summed E-state index contributed by atoms with van der Waals surface area (Å²) in [7, 11) is 0. The lowest BCUT2D eigenvalue weighted by Crippen LogP contribution is -2.45. The van der Waals surface area contributed by atoms with Gasteiger partial charge >= 0.3 is 5.97 Å². The molecule has 0 aliphatic heterocycles. The van der Waals surface area contributed by atoms with Gasteiger partial charge in [-0.15, -0.1) is 0 Å². The summed E-state index contributed by atoms with van der Waals surface area (Å²) in [5.41, 5.74) is 0. The van der Waals surface area contributed by atoms with Gasteiger partial charge in [0.15, 0.2) is 0 Å². The first-order valence-corrected chi connectivity index (χ1v) is 34.1. The highest BCUT2D eigenvalue weighted by Gasteiger charge is 2.20. The van der Waals surface area contributed by atoms with Crippen LogP contribution in [0.1, 0.15) is 380 Å². The van der Waals surface area contributed by atoms with Gasteiger partial charge in [0.25, 0.3) is 0 Å². The van der Waals surface area contributed by atoms with E-state index in [4.69, 9.17) is 4.74 Å². The van der Waals surface area contributed by atoms with Crippen LogP contribution in [0.2, 0.25) is 0 Å². The summed E-state index contributed by atoms with van der Waals surface area (Å²) in [6.07, 6.45) is 80.7. The number of hydrogen-bond donors (Lipinski definition) is 3. The van der Waals surface area contributed by atoms with Crippen LogP contribution in [0.3, 0.4) is 0 Å². The number of amides is 1. The Kier molecular flexibility index (Phi) is 63.4. The van der Waals surface area contributed by atoms with Gasteiger partial charge in [-0.2, -0.15) is 0 Å². The van der Waals surface area contributed by atoms with Crippen molar-refractivity contribution in [3.63, 3.8) is 0 Å². The molecule has 6 heteroatoms. The van der Waals surface area contributed by atoms with Crippen LogP contribution in [-0.4, -0.2) is 47.4 Å². The zero-order chi connectivity index (χ0) is 54.3. The van der Waals surface area contributed by atoms with Crippen molar-refractivity contribution in [1.82, 2.24) is 5.32 Å². The van der Waals surface area contributed by atoms with Crippen molar-refractivity contribution in [3.05, 3.63) is 24.3 Å². The molecule has 0 aromatic heterocycles. The quantitative estimate of drug-likeness (QED) is 0.0320. The highest BCUT2D eigenvalue weighted by molar-refractivity contribution is 5.76. The monoisotopic (exact) mass is 1060 g/mol. The van der Waals surface area contributed by atoms with Crippen LogP contribution >= 0.6 is 0 Å². The molecule has 0 heterocycles. The predicted octanol–water partition coefficient (Wildman–Crippen LogP) is 21.8. The van der Waals surface area contributed by atoms with Gasteiger partial charge in [-0.3, -0.25) is 9.59 Å². The fourth-order valence-electron chi connectivity index (χ4n) is 10.8. The molecular weight excluding hydrogens is 923 g/mol. The van der Waals surface area contributed by atoms with E-state index < -0.39 is 12.1 Å². The fraction of sp³-hybridized carbons (Fsp3) is 0.913. The number of aliphatic hydroxyl groups excluding tert-OH is 2. The van der Waals surface area contributed by atoms with E-state index in [0.29, 0.717) is 25.9 Å². The lowest BCUT2D eigenvalue weighted by atomic mass is 10.0. The van der Waals surface area contributed by atoms with Crippen molar-refractivity contribution in [1.29, 1.82) is 0 Å². The SMILES string of the molecule is CCCC/C=C\C/C=C\CCCCCCCC(=O)OCCCCCCCCCCCCCCCCCCCCCCCCCCCC(=O)NC(CO)C(O)CCCCCCCCCCCCCCCCCCCCC. The average molecular weight is 1060 g/mol. The number of rotatable bonds is 64. The molecule has 0 aromatic carbocycles. The minimum atomic E-state index is -0.664. The van der Waals surface area contributed by atoms with Gasteiger partial charge in [0.1, 0.15) is 0 Å². The molecule has 75 heavy (non-hydrogen) atoms. The van der Waals surface area contributed by atoms with Gasteiger partial charge in [0, 0.05) is 12.8 Å². The highest BCUT2D eigenvalue weighted by Crippen LogP contribution is 2.19. The number of carbonyl (C=O) groups excluding carboxylic acids is 2. The molecule has 2 atom stereocenters. The van der Waals surface area contributed by atoms with Crippen LogP contribution in [0, 0.1) is 0 Å². The minimum absolute atomic E-state index is 0.00242. The Hall–Kier alpha value is -1.66. The van der Waals surface area contributed by atoms with Gasteiger partial charge in [-0.25, -0.2) is 0 Å². The smallest absolute Gasteiger partial charge is 0.305 e. The standard InChI is InChI=1S/C69H133NO5/c1-3-5-7-9-11-13-15-17-19-20-28-31-34-37-41-45-49-53-57-61-67(72)66(65-71)70-68(73)62-58-54-50-46-42-38-35-32-29-26-24-22-21-23-25-27-30-33-36-40-44-48-52-56-60-64-75-69(74)63-59-55-51-47-43-39-18-16-14-12-10-8-6-4-2/h10,12,16,18,66-67,71-72H,3-9,11,13-15,17,19-65H2,1-2H3,(H,70,73)/b12-10-,18-16-. The second kappa shape index (κ2) is 64.9. The Bertz CT molecular complexity index is 1170. The molecule has 0 saturated heterocycles. The molecule has 0 fully saturated rings. The van der Waals surface area contributed by atoms with E-state index in [2.05, 4.69) is 43.5 Å². The number of carbonyl (C=O) groups is 2. The summed E-state index contributed by atoms with van der Waals surface area (Å²) in [4.78, 5) is 24.6. The third-order valence-corrected chi connectivity index (χ3v) is 16.0. The number of aliphatic hydroxyl groups is 2. The lowest BCUT2D eigenvalue weighted by molar-refractivity contribution is -0.143. The maximum Gasteiger partial charge on any atom is 0.305 e. The average Bonchev–Trinajstić information content (AvgIpc) is 3.41. The lowest BCUT2D eigenvalue weighted by Gasteiger charge is -2.22. The maximum absolute atomic E-state index is 12.5. The zero-order valence-electron chi connectivity index (χ0n) is 50.8. The molecule has 2 unspecified atom stereocenters. The summed E-state index contributed by atoms with van der Waals surface area (Å²) >= 11 is 0. The molecule has 1 amide bonds. The number of esters is 1. The van der Waals surface area contributed by atoms with E-state index in [1.54, 1.807) is 0 Å². The van der Waals surface area contributed by atoms with Crippen LogP contribution in [0.25, 0.3) is 0 Å². The maximum atomic E-state index is 12.5. The largest absolute Gasteiger partial charge is 0.466 e. The van der Waals surface area contributed by atoms with Crippen LogP contribution in [0.15, 0.2) is 24.3 Å². The van der Waals surface area contributed by atoms with Crippen LogP contribution in [0.5, 0.6) is 0 Å². The Balaban J connectivity index is 3.36. The zero-order valence-corrected chi connectivity index (χ0v) is 50.8. The summed E-state index contributed by atoms with van der Waals surface area (Å²) in [5.74, 6) is -0.0271. The fourth-order valence-corrected chi connectivity index (χ4v) is 10.8. The first kappa shape index (κ1) is 73.3. The van der Waals surface area contributed by atoms with Crippen molar-refractivity contribution in [2.45, 2.75) is 392 Å². The van der Waals surface area contributed by atoms with Crippen molar-refractivity contribution >= 4 is 11.9 Å². The first-order valence-electron chi connectivity index (χ1n) is 34.1. The molecule has 0 bridgehead atoms. The summed E-state index contributed by atoms with van der Waals surface area (Å²) in [5, 5.41) is 23.4. The molecule has 3 N–H and O–H groups in total. The number of nitrogens with one attached hydrogen (secondary N) is 1. The second-order valence-electron chi connectivity index (χ2n) is 23.5. The van der Waals surface area contributed by atoms with Crippen LogP contribution in [-0.2, 0) is 14.3 Å². The Morgan fingerprint density at radius 3 is 1.05 bits per heavy atom. The van der Waals surface area contributed by atoms with Crippen LogP contribution in [0.4, 0.5) is 0 Å². The molecule has 0 aliphatic rings. The first-order chi connectivity index (χ1) is 37.0. The number of ether oxygens (including phenoxy) is 1. The summed E-state index contributed by atoms with van der Waals surface area (Å²) < 4.78 is 5.48. The normalized spacial score (nSPS) is 12.6. The van der Waals surface area contributed by atoms with E-state index >= 15 is 0 Å². The molecule has 0 rings (SSSR count). The van der Waals surface area contributed by atoms with Gasteiger partial charge in [-0.1, -0.05) is 340 Å². The number of allylic oxidation sites excluding steroid dienone is 4. The Morgan fingerprint density at radius 1 is 0.373 bits per heavy atom. The number of unbranched alkanes of at least 4 members (excludes halogenated alkanes) is 49. The topological polar surface area (TPSA) is 95.9 Å². The second-order valence-corrected chi connectivity index (χ2v) is 23.5. The molecule has 0 saturated carbocycles. The van der Waals surface area contributed by atoms with Crippen molar-refractivity contribution in [2.24, 2.45) is 0 Å². The highest BCUT2D eigenvalue weighted by atomic mass is 16.5. The van der Waals surface area contributed by atoms with Crippen molar-refractivity contribution in [3.8, 4) is 0 Å². The number of hydrogen-bond acceptors (Lipinski definition) is 5. The molecular formula is C69H133NO5. The van der Waals surface area contributed by atoms with E-state index in [-0.39, 0.29) is 18.5 Å². The van der Waals surface area contributed by atoms with E-state index in [1.165, 1.54) is 295 Å². The molecule has 444 valence electrons. The van der Waals surface area contributed by atoms with Crippen LogP contribution < -0.4 is 5.32 Å². The van der Waals surface area contributed by atoms with Gasteiger partial charge in [0.05, 0.1) is 25.4 Å². The van der Waals surface area contributed by atoms with Gasteiger partial charge in [-0.05, 0) is 51.4 Å². The summed E-state index contributed by atoms with van der Waals surface area (Å²) in [6, 6.07) is -0.541. The third kappa shape index (κ3) is 61.4. The molecule has 0 spiro atoms. The third-order valence-electron chi connectivity index (χ3n) is 16.0. The van der Waals surface area contributed by atoms with E-state index in [0.717, 1.165) is 51.4 Å². The predicted molar refractivity (Wildman–Crippen MR) is 329 cm³/mol. The van der Waals surface area contributed by atoms with Gasteiger partial charge < -0.3 is 20.3 Å². The van der Waals surface area contributed by atoms with E-state index in [1.807, 2.05) is 0 Å². The Morgan fingerprint density at radius 2 is 0.680 bits per heavy atom.